The lowest BCUT2D eigenvalue weighted by Crippen LogP contribution is -2.11. The van der Waals surface area contributed by atoms with Crippen molar-refractivity contribution in [2.45, 2.75) is 32.6 Å². The molecular formula is C14H21ClO2S. The van der Waals surface area contributed by atoms with E-state index in [1.54, 1.807) is 6.92 Å². The first-order valence-corrected chi connectivity index (χ1v) is 8.67. The second-order valence-electron chi connectivity index (χ2n) is 4.59. The quantitative estimate of drug-likeness (QED) is 0.719. The molecule has 0 aromatic heterocycles. The number of hydrogen-bond acceptors (Lipinski definition) is 2. The summed E-state index contributed by atoms with van der Waals surface area (Å²) in [7, 11) is -2.86. The normalized spacial score (nSPS) is 13.5. The minimum absolute atomic E-state index is 0.225. The predicted molar refractivity (Wildman–Crippen MR) is 78.2 cm³/mol. The van der Waals surface area contributed by atoms with Crippen molar-refractivity contribution in [2.75, 3.05) is 17.4 Å². The molecule has 0 aliphatic carbocycles. The van der Waals surface area contributed by atoms with Crippen molar-refractivity contribution < 1.29 is 8.42 Å². The topological polar surface area (TPSA) is 34.1 Å². The van der Waals surface area contributed by atoms with Gasteiger partial charge >= 0.3 is 0 Å². The van der Waals surface area contributed by atoms with Crippen LogP contribution in [0.25, 0.3) is 0 Å². The Morgan fingerprint density at radius 1 is 1.28 bits per heavy atom. The van der Waals surface area contributed by atoms with Crippen LogP contribution in [-0.2, 0) is 9.84 Å². The third-order valence-corrected chi connectivity index (χ3v) is 5.43. The van der Waals surface area contributed by atoms with Gasteiger partial charge in [0, 0.05) is 11.6 Å². The van der Waals surface area contributed by atoms with E-state index in [9.17, 15) is 8.42 Å². The Hall–Kier alpha value is -0.540. The monoisotopic (exact) mass is 288 g/mol. The maximum absolute atomic E-state index is 11.4. The molecule has 0 N–H and O–H groups in total. The lowest BCUT2D eigenvalue weighted by molar-refractivity contribution is 0.587. The van der Waals surface area contributed by atoms with E-state index in [0.29, 0.717) is 12.3 Å². The molecule has 1 aromatic carbocycles. The highest BCUT2D eigenvalue weighted by molar-refractivity contribution is 7.91. The second kappa shape index (κ2) is 7.15. The molecule has 18 heavy (non-hydrogen) atoms. The fourth-order valence-electron chi connectivity index (χ4n) is 2.05. The van der Waals surface area contributed by atoms with Gasteiger partial charge in [0.25, 0.3) is 0 Å². The zero-order valence-electron chi connectivity index (χ0n) is 11.0. The van der Waals surface area contributed by atoms with Gasteiger partial charge in [-0.25, -0.2) is 8.42 Å². The van der Waals surface area contributed by atoms with Crippen LogP contribution in [0.15, 0.2) is 24.3 Å². The van der Waals surface area contributed by atoms with Gasteiger partial charge in [-0.15, -0.1) is 11.6 Å². The Balaban J connectivity index is 2.61. The van der Waals surface area contributed by atoms with Crippen LogP contribution in [0, 0.1) is 6.92 Å². The number of hydrogen-bond donors (Lipinski definition) is 0. The van der Waals surface area contributed by atoms with Gasteiger partial charge in [0.05, 0.1) is 5.75 Å². The van der Waals surface area contributed by atoms with Crippen LogP contribution in [0.2, 0.25) is 0 Å². The van der Waals surface area contributed by atoms with Gasteiger partial charge in [0.15, 0.2) is 0 Å². The average Bonchev–Trinajstić information content (AvgIpc) is 2.36. The summed E-state index contributed by atoms with van der Waals surface area (Å²) in [5.74, 6) is 1.28. The van der Waals surface area contributed by atoms with E-state index >= 15 is 0 Å². The molecule has 0 aliphatic rings. The summed E-state index contributed by atoms with van der Waals surface area (Å²) in [6, 6.07) is 8.16. The van der Waals surface area contributed by atoms with Crippen molar-refractivity contribution in [3.63, 3.8) is 0 Å². The zero-order valence-corrected chi connectivity index (χ0v) is 12.6. The molecule has 1 atom stereocenters. The molecule has 0 fully saturated rings. The van der Waals surface area contributed by atoms with Crippen LogP contribution < -0.4 is 0 Å². The van der Waals surface area contributed by atoms with E-state index in [1.807, 2.05) is 12.1 Å². The molecule has 0 bridgehead atoms. The van der Waals surface area contributed by atoms with Crippen molar-refractivity contribution in [3.8, 4) is 0 Å². The summed E-state index contributed by atoms with van der Waals surface area (Å²) < 4.78 is 22.9. The smallest absolute Gasteiger partial charge is 0.150 e. The highest BCUT2D eigenvalue weighted by Crippen LogP contribution is 2.25. The first-order chi connectivity index (χ1) is 8.50. The van der Waals surface area contributed by atoms with E-state index in [4.69, 9.17) is 11.6 Å². The molecular weight excluding hydrogens is 268 g/mol. The van der Waals surface area contributed by atoms with Crippen LogP contribution in [0.1, 0.15) is 36.8 Å². The van der Waals surface area contributed by atoms with E-state index in [2.05, 4.69) is 19.1 Å². The highest BCUT2D eigenvalue weighted by atomic mass is 35.5. The fourth-order valence-corrected chi connectivity index (χ4v) is 3.27. The largest absolute Gasteiger partial charge is 0.229 e. The Kier molecular flexibility index (Phi) is 6.16. The molecule has 0 heterocycles. The maximum atomic E-state index is 11.4. The van der Waals surface area contributed by atoms with E-state index in [-0.39, 0.29) is 17.4 Å². The van der Waals surface area contributed by atoms with Gasteiger partial charge in [-0.1, -0.05) is 31.2 Å². The summed E-state index contributed by atoms with van der Waals surface area (Å²) in [4.78, 5) is 0. The SMILES string of the molecule is CCS(=O)(=O)CCCC(CCl)c1ccccc1C. The lowest BCUT2D eigenvalue weighted by atomic mass is 9.93. The number of rotatable bonds is 7. The molecule has 102 valence electrons. The number of aryl methyl sites for hydroxylation is 1. The first-order valence-electron chi connectivity index (χ1n) is 6.32. The average molecular weight is 289 g/mol. The van der Waals surface area contributed by atoms with Gasteiger partial charge in [0.1, 0.15) is 9.84 Å². The summed E-state index contributed by atoms with van der Waals surface area (Å²) in [5, 5.41) is 0. The third-order valence-electron chi connectivity index (χ3n) is 3.26. The fraction of sp³-hybridized carbons (Fsp3) is 0.571. The number of benzene rings is 1. The van der Waals surface area contributed by atoms with Crippen molar-refractivity contribution in [2.24, 2.45) is 0 Å². The molecule has 0 saturated carbocycles. The molecule has 0 amide bonds. The molecule has 1 aromatic rings. The van der Waals surface area contributed by atoms with Crippen LogP contribution in [0.3, 0.4) is 0 Å². The lowest BCUT2D eigenvalue weighted by Gasteiger charge is -2.16. The van der Waals surface area contributed by atoms with Crippen LogP contribution >= 0.6 is 11.6 Å². The van der Waals surface area contributed by atoms with Crippen LogP contribution in [0.4, 0.5) is 0 Å². The molecule has 2 nitrogen and oxygen atoms in total. The van der Waals surface area contributed by atoms with E-state index in [1.165, 1.54) is 11.1 Å². The molecule has 1 rings (SSSR count). The van der Waals surface area contributed by atoms with E-state index in [0.717, 1.165) is 6.42 Å². The van der Waals surface area contributed by atoms with Gasteiger partial charge in [-0.05, 0) is 36.8 Å². The van der Waals surface area contributed by atoms with Crippen molar-refractivity contribution in [1.82, 2.24) is 0 Å². The Labute approximate surface area is 115 Å². The van der Waals surface area contributed by atoms with Gasteiger partial charge in [0.2, 0.25) is 0 Å². The summed E-state index contributed by atoms with van der Waals surface area (Å²) in [6.45, 7) is 3.76. The molecule has 0 aliphatic heterocycles. The Morgan fingerprint density at radius 2 is 1.94 bits per heavy atom. The maximum Gasteiger partial charge on any atom is 0.150 e. The van der Waals surface area contributed by atoms with Crippen molar-refractivity contribution in [3.05, 3.63) is 35.4 Å². The third kappa shape index (κ3) is 4.62. The minimum atomic E-state index is -2.86. The van der Waals surface area contributed by atoms with E-state index < -0.39 is 9.84 Å². The summed E-state index contributed by atoms with van der Waals surface area (Å²) in [6.07, 6.45) is 1.51. The first kappa shape index (κ1) is 15.5. The van der Waals surface area contributed by atoms with Gasteiger partial charge in [-0.2, -0.15) is 0 Å². The number of halogens is 1. The van der Waals surface area contributed by atoms with Crippen molar-refractivity contribution >= 4 is 21.4 Å². The molecule has 0 spiro atoms. The molecule has 0 saturated heterocycles. The van der Waals surface area contributed by atoms with Crippen LogP contribution in [0.5, 0.6) is 0 Å². The van der Waals surface area contributed by atoms with Gasteiger partial charge in [-0.3, -0.25) is 0 Å². The zero-order chi connectivity index (χ0) is 13.6. The number of alkyl halides is 1. The molecule has 4 heteroatoms. The Bertz CT molecular complexity index is 468. The highest BCUT2D eigenvalue weighted by Gasteiger charge is 2.14. The minimum Gasteiger partial charge on any atom is -0.229 e. The van der Waals surface area contributed by atoms with Crippen molar-refractivity contribution in [1.29, 1.82) is 0 Å². The second-order valence-corrected chi connectivity index (χ2v) is 7.37. The Morgan fingerprint density at radius 3 is 2.50 bits per heavy atom. The van der Waals surface area contributed by atoms with Crippen LogP contribution in [-0.4, -0.2) is 25.8 Å². The molecule has 1 unspecified atom stereocenters. The molecule has 0 radical (unpaired) electrons. The summed E-state index contributed by atoms with van der Waals surface area (Å²) >= 11 is 6.01. The number of sulfone groups is 1. The standard InChI is InChI=1S/C14H21ClO2S/c1-3-18(16,17)10-6-8-13(11-15)14-9-5-4-7-12(14)2/h4-5,7,9,13H,3,6,8,10-11H2,1-2H3. The van der Waals surface area contributed by atoms with Gasteiger partial charge < -0.3 is 0 Å². The summed E-state index contributed by atoms with van der Waals surface area (Å²) in [5.41, 5.74) is 2.46. The predicted octanol–water partition coefficient (Wildman–Crippen LogP) is 3.53.